The maximum atomic E-state index is 6.04. The van der Waals surface area contributed by atoms with Gasteiger partial charge in [0.25, 0.3) is 0 Å². The van der Waals surface area contributed by atoms with E-state index in [4.69, 9.17) is 11.6 Å². The fourth-order valence-electron chi connectivity index (χ4n) is 1.83. The monoisotopic (exact) mass is 260 g/mol. The second-order valence-corrected chi connectivity index (χ2v) is 4.83. The summed E-state index contributed by atoms with van der Waals surface area (Å²) in [6.07, 6.45) is 0. The maximum Gasteiger partial charge on any atom is 0.0597 e. The van der Waals surface area contributed by atoms with E-state index in [1.165, 1.54) is 5.56 Å². The van der Waals surface area contributed by atoms with Crippen LogP contribution >= 0.6 is 11.6 Å². The highest BCUT2D eigenvalue weighted by Gasteiger charge is 2.05. The Morgan fingerprint density at radius 1 is 1.06 bits per heavy atom. The van der Waals surface area contributed by atoms with Crippen LogP contribution in [0, 0.1) is 0 Å². The molecule has 0 bridgehead atoms. The second-order valence-electron chi connectivity index (χ2n) is 4.40. The molecule has 0 amide bonds. The van der Waals surface area contributed by atoms with Gasteiger partial charge in [0.05, 0.1) is 11.4 Å². The fraction of sp³-hybridized carbons (Fsp3) is 0.200. The maximum absolute atomic E-state index is 6.04. The van der Waals surface area contributed by atoms with E-state index in [2.05, 4.69) is 22.3 Å². The van der Waals surface area contributed by atoms with Gasteiger partial charge >= 0.3 is 0 Å². The van der Waals surface area contributed by atoms with Crippen molar-refractivity contribution in [2.45, 2.75) is 6.54 Å². The number of nitrogens with one attached hydrogen (secondary N) is 1. The van der Waals surface area contributed by atoms with E-state index in [0.717, 1.165) is 22.9 Å². The van der Waals surface area contributed by atoms with Crippen molar-refractivity contribution in [3.05, 3.63) is 59.1 Å². The van der Waals surface area contributed by atoms with Gasteiger partial charge in [0.15, 0.2) is 0 Å². The molecule has 0 spiro atoms. The first-order valence-electron chi connectivity index (χ1n) is 5.91. The Morgan fingerprint density at radius 2 is 1.78 bits per heavy atom. The molecule has 3 heteroatoms. The molecule has 0 aliphatic carbocycles. The van der Waals surface area contributed by atoms with Gasteiger partial charge < -0.3 is 10.2 Å². The van der Waals surface area contributed by atoms with Crippen molar-refractivity contribution < 1.29 is 0 Å². The van der Waals surface area contributed by atoms with Gasteiger partial charge in [-0.1, -0.05) is 41.9 Å². The summed E-state index contributed by atoms with van der Waals surface area (Å²) in [6, 6.07) is 16.2. The lowest BCUT2D eigenvalue weighted by atomic mass is 10.2. The van der Waals surface area contributed by atoms with Crippen LogP contribution in [-0.4, -0.2) is 14.1 Å². The van der Waals surface area contributed by atoms with E-state index in [9.17, 15) is 0 Å². The number of hydrogen-bond donors (Lipinski definition) is 1. The number of hydrogen-bond acceptors (Lipinski definition) is 2. The third-order valence-corrected chi connectivity index (χ3v) is 3.00. The molecular weight excluding hydrogens is 244 g/mol. The molecular formula is C15H17ClN2. The van der Waals surface area contributed by atoms with Gasteiger partial charge in [-0.15, -0.1) is 0 Å². The minimum absolute atomic E-state index is 0.746. The molecule has 0 atom stereocenters. The van der Waals surface area contributed by atoms with Crippen molar-refractivity contribution in [3.8, 4) is 0 Å². The van der Waals surface area contributed by atoms with Crippen molar-refractivity contribution in [3.63, 3.8) is 0 Å². The molecule has 94 valence electrons. The predicted molar refractivity (Wildman–Crippen MR) is 79.5 cm³/mol. The van der Waals surface area contributed by atoms with Gasteiger partial charge in [0.2, 0.25) is 0 Å². The molecule has 0 aliphatic rings. The van der Waals surface area contributed by atoms with E-state index in [-0.39, 0.29) is 0 Å². The van der Waals surface area contributed by atoms with Crippen LogP contribution in [0.3, 0.4) is 0 Å². The lowest BCUT2D eigenvalue weighted by molar-refractivity contribution is 1.10. The number of nitrogens with zero attached hydrogens (tertiary/aromatic N) is 1. The summed E-state index contributed by atoms with van der Waals surface area (Å²) in [5.74, 6) is 0. The van der Waals surface area contributed by atoms with E-state index in [0.29, 0.717) is 0 Å². The zero-order valence-electron chi connectivity index (χ0n) is 10.7. The van der Waals surface area contributed by atoms with Crippen molar-refractivity contribution in [2.75, 3.05) is 24.3 Å². The molecule has 0 heterocycles. The normalized spacial score (nSPS) is 10.2. The zero-order chi connectivity index (χ0) is 13.0. The molecule has 0 saturated carbocycles. The van der Waals surface area contributed by atoms with Crippen LogP contribution in [0.1, 0.15) is 5.56 Å². The Bertz CT molecular complexity index is 509. The lowest BCUT2D eigenvalue weighted by Crippen LogP contribution is -2.12. The van der Waals surface area contributed by atoms with Crippen LogP contribution in [0.5, 0.6) is 0 Å². The molecule has 2 aromatic carbocycles. The fourth-order valence-corrected chi connectivity index (χ4v) is 2.01. The topological polar surface area (TPSA) is 15.3 Å². The predicted octanol–water partition coefficient (Wildman–Crippen LogP) is 4.02. The molecule has 0 saturated heterocycles. The molecule has 2 nitrogen and oxygen atoms in total. The van der Waals surface area contributed by atoms with Crippen LogP contribution in [-0.2, 0) is 6.54 Å². The molecule has 0 fully saturated rings. The molecule has 18 heavy (non-hydrogen) atoms. The SMILES string of the molecule is CN(C)c1ccc(Cl)cc1NCc1ccccc1. The highest BCUT2D eigenvalue weighted by Crippen LogP contribution is 2.28. The van der Waals surface area contributed by atoms with E-state index < -0.39 is 0 Å². The first-order chi connectivity index (χ1) is 8.66. The highest BCUT2D eigenvalue weighted by molar-refractivity contribution is 6.31. The highest BCUT2D eigenvalue weighted by atomic mass is 35.5. The Hall–Kier alpha value is -1.67. The van der Waals surface area contributed by atoms with Crippen molar-refractivity contribution in [2.24, 2.45) is 0 Å². The van der Waals surface area contributed by atoms with Crippen LogP contribution in [0.2, 0.25) is 5.02 Å². The van der Waals surface area contributed by atoms with Crippen LogP contribution in [0.4, 0.5) is 11.4 Å². The second kappa shape index (κ2) is 5.78. The summed E-state index contributed by atoms with van der Waals surface area (Å²) in [5, 5.41) is 4.17. The van der Waals surface area contributed by atoms with Crippen LogP contribution in [0.25, 0.3) is 0 Å². The van der Waals surface area contributed by atoms with Gasteiger partial charge in [-0.3, -0.25) is 0 Å². The molecule has 0 unspecified atom stereocenters. The van der Waals surface area contributed by atoms with Gasteiger partial charge in [-0.2, -0.15) is 0 Å². The summed E-state index contributed by atoms with van der Waals surface area (Å²) in [6.45, 7) is 0.794. The summed E-state index contributed by atoms with van der Waals surface area (Å²) >= 11 is 6.04. The Balaban J connectivity index is 2.15. The van der Waals surface area contributed by atoms with E-state index >= 15 is 0 Å². The Kier molecular flexibility index (Phi) is 4.11. The molecule has 2 aromatic rings. The van der Waals surface area contributed by atoms with Gasteiger partial charge in [0, 0.05) is 25.7 Å². The molecule has 1 N–H and O–H groups in total. The van der Waals surface area contributed by atoms with Gasteiger partial charge in [-0.25, -0.2) is 0 Å². The van der Waals surface area contributed by atoms with Crippen LogP contribution in [0.15, 0.2) is 48.5 Å². The molecule has 0 aliphatic heterocycles. The van der Waals surface area contributed by atoms with E-state index in [1.807, 2.05) is 50.5 Å². The number of benzene rings is 2. The largest absolute Gasteiger partial charge is 0.379 e. The smallest absolute Gasteiger partial charge is 0.0597 e. The van der Waals surface area contributed by atoms with Gasteiger partial charge in [-0.05, 0) is 23.8 Å². The summed E-state index contributed by atoms with van der Waals surface area (Å²) in [4.78, 5) is 2.07. The number of anilines is 2. The van der Waals surface area contributed by atoms with Crippen molar-refractivity contribution in [1.82, 2.24) is 0 Å². The van der Waals surface area contributed by atoms with Crippen LogP contribution < -0.4 is 10.2 Å². The van der Waals surface area contributed by atoms with E-state index in [1.54, 1.807) is 0 Å². The average Bonchev–Trinajstić information content (AvgIpc) is 2.37. The zero-order valence-corrected chi connectivity index (χ0v) is 11.4. The first kappa shape index (κ1) is 12.8. The summed E-state index contributed by atoms with van der Waals surface area (Å²) < 4.78 is 0. The third-order valence-electron chi connectivity index (χ3n) is 2.77. The first-order valence-corrected chi connectivity index (χ1v) is 6.29. The summed E-state index contributed by atoms with van der Waals surface area (Å²) in [7, 11) is 4.05. The number of halogens is 1. The Labute approximate surface area is 113 Å². The minimum atomic E-state index is 0.746. The average molecular weight is 261 g/mol. The Morgan fingerprint density at radius 3 is 2.44 bits per heavy atom. The quantitative estimate of drug-likeness (QED) is 0.893. The molecule has 0 aromatic heterocycles. The van der Waals surface area contributed by atoms with Crippen molar-refractivity contribution in [1.29, 1.82) is 0 Å². The standard InChI is InChI=1S/C15H17ClN2/c1-18(2)15-9-8-13(16)10-14(15)17-11-12-6-4-3-5-7-12/h3-10,17H,11H2,1-2H3. The number of rotatable bonds is 4. The minimum Gasteiger partial charge on any atom is -0.379 e. The van der Waals surface area contributed by atoms with Gasteiger partial charge in [0.1, 0.15) is 0 Å². The summed E-state index contributed by atoms with van der Waals surface area (Å²) in [5.41, 5.74) is 3.44. The van der Waals surface area contributed by atoms with Crippen molar-refractivity contribution >= 4 is 23.0 Å². The third kappa shape index (κ3) is 3.17. The molecule has 2 rings (SSSR count). The lowest BCUT2D eigenvalue weighted by Gasteiger charge is -2.19. The molecule has 0 radical (unpaired) electrons.